The summed E-state index contributed by atoms with van der Waals surface area (Å²) in [4.78, 5) is 2.50. The van der Waals surface area contributed by atoms with Crippen LogP contribution in [0.3, 0.4) is 0 Å². The maximum absolute atomic E-state index is 9.87. The molecule has 1 atom stereocenters. The van der Waals surface area contributed by atoms with E-state index in [4.69, 9.17) is 0 Å². The van der Waals surface area contributed by atoms with Gasteiger partial charge in [-0.1, -0.05) is 6.92 Å². The molecule has 1 aliphatic carbocycles. The smallest absolute Gasteiger partial charge is 0.0644 e. The Morgan fingerprint density at radius 1 is 1.38 bits per heavy atom. The zero-order valence-electron chi connectivity index (χ0n) is 10.7. The van der Waals surface area contributed by atoms with Gasteiger partial charge in [-0.2, -0.15) is 0 Å². The first-order valence-electron chi connectivity index (χ1n) is 6.73. The maximum atomic E-state index is 9.87. The van der Waals surface area contributed by atoms with Crippen LogP contribution in [0.2, 0.25) is 0 Å². The van der Waals surface area contributed by atoms with Crippen LogP contribution < -0.4 is 5.32 Å². The van der Waals surface area contributed by atoms with E-state index in [0.717, 1.165) is 44.4 Å². The summed E-state index contributed by atoms with van der Waals surface area (Å²) in [5, 5.41) is 13.5. The summed E-state index contributed by atoms with van der Waals surface area (Å²) in [5.41, 5.74) is -0.411. The third-order valence-electron chi connectivity index (χ3n) is 3.84. The number of aliphatic hydroxyl groups is 1. The van der Waals surface area contributed by atoms with Gasteiger partial charge in [0.1, 0.15) is 0 Å². The van der Waals surface area contributed by atoms with E-state index in [9.17, 15) is 5.11 Å². The van der Waals surface area contributed by atoms with Crippen molar-refractivity contribution in [3.05, 3.63) is 0 Å². The number of nitrogens with zero attached hydrogens (tertiary/aromatic N) is 1. The molecule has 94 valence electrons. The van der Waals surface area contributed by atoms with Crippen LogP contribution in [0, 0.1) is 5.92 Å². The van der Waals surface area contributed by atoms with Crippen molar-refractivity contribution in [3.63, 3.8) is 0 Å². The molecule has 1 saturated carbocycles. The molecule has 2 rings (SSSR count). The highest BCUT2D eigenvalue weighted by Gasteiger charge is 2.28. The van der Waals surface area contributed by atoms with Crippen LogP contribution in [0.25, 0.3) is 0 Å². The van der Waals surface area contributed by atoms with Crippen molar-refractivity contribution < 1.29 is 5.11 Å². The Morgan fingerprint density at radius 2 is 2.00 bits per heavy atom. The quantitative estimate of drug-likeness (QED) is 0.740. The lowest BCUT2D eigenvalue weighted by Crippen LogP contribution is -2.44. The van der Waals surface area contributed by atoms with Gasteiger partial charge >= 0.3 is 0 Å². The molecule has 1 unspecified atom stereocenters. The molecule has 3 heteroatoms. The fourth-order valence-corrected chi connectivity index (χ4v) is 2.38. The van der Waals surface area contributed by atoms with Gasteiger partial charge in [0.15, 0.2) is 0 Å². The number of piperidine rings is 1. The average Bonchev–Trinajstić information content (AvgIpc) is 3.02. The largest absolute Gasteiger partial charge is 0.390 e. The van der Waals surface area contributed by atoms with Crippen molar-refractivity contribution in [2.45, 2.75) is 51.2 Å². The number of rotatable bonds is 5. The van der Waals surface area contributed by atoms with Gasteiger partial charge < -0.3 is 15.3 Å². The molecule has 0 aromatic rings. The lowest BCUT2D eigenvalue weighted by molar-refractivity contribution is -0.00815. The molecular weight excluding hydrogens is 200 g/mol. The van der Waals surface area contributed by atoms with Gasteiger partial charge in [-0.25, -0.2) is 0 Å². The Bertz CT molecular complexity index is 216. The molecule has 0 amide bonds. The number of nitrogens with one attached hydrogen (secondary N) is 1. The van der Waals surface area contributed by atoms with E-state index in [1.807, 2.05) is 6.92 Å². The van der Waals surface area contributed by atoms with Crippen molar-refractivity contribution in [3.8, 4) is 0 Å². The minimum absolute atomic E-state index is 0.411. The molecule has 3 nitrogen and oxygen atoms in total. The van der Waals surface area contributed by atoms with E-state index in [-0.39, 0.29) is 0 Å². The second-order valence-electron chi connectivity index (χ2n) is 6.09. The number of hydrogen-bond acceptors (Lipinski definition) is 3. The number of likely N-dealkylation sites (tertiary alicyclic amines) is 1. The Kier molecular flexibility index (Phi) is 3.88. The average molecular weight is 226 g/mol. The molecule has 0 radical (unpaired) electrons. The molecule has 0 aromatic heterocycles. The summed E-state index contributed by atoms with van der Waals surface area (Å²) in [6.45, 7) is 8.72. The van der Waals surface area contributed by atoms with Gasteiger partial charge in [0, 0.05) is 25.7 Å². The highest BCUT2D eigenvalue weighted by Crippen LogP contribution is 2.22. The summed E-state index contributed by atoms with van der Waals surface area (Å²) in [6.07, 6.45) is 4.60. The van der Waals surface area contributed by atoms with Crippen molar-refractivity contribution in [1.82, 2.24) is 10.2 Å². The fourth-order valence-electron chi connectivity index (χ4n) is 2.38. The predicted octanol–water partition coefficient (Wildman–Crippen LogP) is 1.22. The lowest BCUT2D eigenvalue weighted by Gasteiger charge is -2.37. The van der Waals surface area contributed by atoms with Crippen LogP contribution in [0.15, 0.2) is 0 Å². The van der Waals surface area contributed by atoms with Crippen LogP contribution in [-0.4, -0.2) is 47.8 Å². The predicted molar refractivity (Wildman–Crippen MR) is 66.5 cm³/mol. The highest BCUT2D eigenvalue weighted by atomic mass is 16.3. The van der Waals surface area contributed by atoms with E-state index >= 15 is 0 Å². The topological polar surface area (TPSA) is 35.5 Å². The second kappa shape index (κ2) is 5.03. The van der Waals surface area contributed by atoms with Gasteiger partial charge in [-0.05, 0) is 45.1 Å². The summed E-state index contributed by atoms with van der Waals surface area (Å²) >= 11 is 0. The standard InChI is InChI=1S/C13H26N2O/c1-11(9-14-12-3-4-12)10-15-7-5-13(2,16)6-8-15/h11-12,14,16H,3-10H2,1-2H3. The Hall–Kier alpha value is -0.120. The first kappa shape index (κ1) is 12.3. The Morgan fingerprint density at radius 3 is 2.56 bits per heavy atom. The molecule has 1 saturated heterocycles. The summed E-state index contributed by atoms with van der Waals surface area (Å²) in [6, 6.07) is 0.824. The van der Waals surface area contributed by atoms with E-state index < -0.39 is 5.60 Å². The normalized spacial score (nSPS) is 27.9. The van der Waals surface area contributed by atoms with Crippen molar-refractivity contribution in [2.75, 3.05) is 26.2 Å². The van der Waals surface area contributed by atoms with Gasteiger partial charge in [0.2, 0.25) is 0 Å². The zero-order valence-corrected chi connectivity index (χ0v) is 10.7. The van der Waals surface area contributed by atoms with Crippen molar-refractivity contribution in [1.29, 1.82) is 0 Å². The van der Waals surface area contributed by atoms with Crippen molar-refractivity contribution in [2.24, 2.45) is 5.92 Å². The first-order valence-corrected chi connectivity index (χ1v) is 6.73. The van der Waals surface area contributed by atoms with E-state index in [1.54, 1.807) is 0 Å². The van der Waals surface area contributed by atoms with E-state index in [0.29, 0.717) is 0 Å². The Balaban J connectivity index is 1.61. The third kappa shape index (κ3) is 4.04. The third-order valence-corrected chi connectivity index (χ3v) is 3.84. The minimum Gasteiger partial charge on any atom is -0.390 e. The monoisotopic (exact) mass is 226 g/mol. The van der Waals surface area contributed by atoms with Gasteiger partial charge in [0.25, 0.3) is 0 Å². The lowest BCUT2D eigenvalue weighted by atomic mass is 9.93. The molecule has 1 heterocycles. The molecule has 0 spiro atoms. The Labute approximate surface area is 99.2 Å². The summed E-state index contributed by atoms with van der Waals surface area (Å²) < 4.78 is 0. The number of hydrogen-bond donors (Lipinski definition) is 2. The van der Waals surface area contributed by atoms with Gasteiger partial charge in [-0.3, -0.25) is 0 Å². The molecule has 2 fully saturated rings. The molecule has 2 aliphatic rings. The van der Waals surface area contributed by atoms with Crippen LogP contribution >= 0.6 is 0 Å². The van der Waals surface area contributed by atoms with E-state index in [1.165, 1.54) is 19.4 Å². The molecule has 16 heavy (non-hydrogen) atoms. The zero-order chi connectivity index (χ0) is 11.6. The summed E-state index contributed by atoms with van der Waals surface area (Å²) in [5.74, 6) is 0.726. The maximum Gasteiger partial charge on any atom is 0.0644 e. The molecule has 0 aromatic carbocycles. The first-order chi connectivity index (χ1) is 7.55. The van der Waals surface area contributed by atoms with Crippen molar-refractivity contribution >= 4 is 0 Å². The van der Waals surface area contributed by atoms with Gasteiger partial charge in [0.05, 0.1) is 5.60 Å². The summed E-state index contributed by atoms with van der Waals surface area (Å²) in [7, 11) is 0. The molecule has 1 aliphatic heterocycles. The van der Waals surface area contributed by atoms with Gasteiger partial charge in [-0.15, -0.1) is 0 Å². The fraction of sp³-hybridized carbons (Fsp3) is 1.00. The molecule has 0 bridgehead atoms. The SMILES string of the molecule is CC(CNC1CC1)CN1CCC(C)(O)CC1. The van der Waals surface area contributed by atoms with Crippen LogP contribution in [-0.2, 0) is 0 Å². The van der Waals surface area contributed by atoms with Crippen LogP contribution in [0.5, 0.6) is 0 Å². The minimum atomic E-state index is -0.411. The molecular formula is C13H26N2O. The van der Waals surface area contributed by atoms with Crippen LogP contribution in [0.1, 0.15) is 39.5 Å². The van der Waals surface area contributed by atoms with Crippen LogP contribution in [0.4, 0.5) is 0 Å². The second-order valence-corrected chi connectivity index (χ2v) is 6.09. The highest BCUT2D eigenvalue weighted by molar-refractivity contribution is 4.84. The van der Waals surface area contributed by atoms with E-state index in [2.05, 4.69) is 17.1 Å². The molecule has 2 N–H and O–H groups in total.